The number of hydrogen-bond acceptors (Lipinski definition) is 7. The van der Waals surface area contributed by atoms with Gasteiger partial charge in [0.2, 0.25) is 0 Å². The highest BCUT2D eigenvalue weighted by molar-refractivity contribution is 7.91. The number of hydrogen-bond donors (Lipinski definition) is 1. The van der Waals surface area contributed by atoms with E-state index in [0.29, 0.717) is 30.0 Å². The van der Waals surface area contributed by atoms with Gasteiger partial charge in [0.05, 0.1) is 19.0 Å². The monoisotopic (exact) mass is 592 g/mol. The zero-order valence-electron chi connectivity index (χ0n) is 24.1. The summed E-state index contributed by atoms with van der Waals surface area (Å²) in [6.45, 7) is 13.4. The number of aryl methyl sites for hydroxylation is 2. The van der Waals surface area contributed by atoms with Crippen LogP contribution in [0.3, 0.4) is 0 Å². The van der Waals surface area contributed by atoms with Crippen LogP contribution < -0.4 is 11.2 Å². The lowest BCUT2D eigenvalue weighted by Gasteiger charge is -2.35. The minimum atomic E-state index is -1.05. The van der Waals surface area contributed by atoms with Gasteiger partial charge in [-0.3, -0.25) is 18.8 Å². The number of benzene rings is 1. The minimum absolute atomic E-state index is 0.215. The molecule has 40 heavy (non-hydrogen) atoms. The van der Waals surface area contributed by atoms with Crippen LogP contribution in [0.4, 0.5) is 0 Å². The first-order valence-electron chi connectivity index (χ1n) is 13.9. The number of imidazole rings is 1. The lowest BCUT2D eigenvalue weighted by Crippen LogP contribution is -2.49. The average molecular weight is 593 g/mol. The predicted octanol–water partition coefficient (Wildman–Crippen LogP) is 2.00. The van der Waals surface area contributed by atoms with Crippen molar-refractivity contribution in [1.29, 1.82) is 0 Å². The molecule has 12 heteroatoms. The molecule has 2 aromatic heterocycles. The van der Waals surface area contributed by atoms with Crippen molar-refractivity contribution in [3.63, 3.8) is 0 Å². The summed E-state index contributed by atoms with van der Waals surface area (Å²) in [5, 5.41) is 11.6. The maximum absolute atomic E-state index is 12.9. The highest BCUT2D eigenvalue weighted by Gasteiger charge is 2.23. The fourth-order valence-electron chi connectivity index (χ4n) is 5.33. The molecule has 2 atom stereocenters. The zero-order valence-corrected chi connectivity index (χ0v) is 25.7. The first kappa shape index (κ1) is 30.8. The van der Waals surface area contributed by atoms with Gasteiger partial charge < -0.3 is 19.1 Å². The van der Waals surface area contributed by atoms with Crippen molar-refractivity contribution < 1.29 is 9.66 Å². The summed E-state index contributed by atoms with van der Waals surface area (Å²) < 4.78 is 17.1. The molecule has 0 bridgehead atoms. The predicted molar refractivity (Wildman–Crippen MR) is 160 cm³/mol. The normalized spacial score (nSPS) is 16.7. The number of piperazine rings is 1. The van der Waals surface area contributed by atoms with Crippen LogP contribution in [0.25, 0.3) is 11.2 Å². The molecule has 1 aromatic carbocycles. The molecule has 4 rings (SSSR count). The molecule has 1 aliphatic heterocycles. The Bertz CT molecular complexity index is 1420. The Morgan fingerprint density at radius 2 is 1.68 bits per heavy atom. The van der Waals surface area contributed by atoms with Gasteiger partial charge in [0.25, 0.3) is 5.56 Å². The first-order chi connectivity index (χ1) is 19.0. The fraction of sp³-hybridized carbons (Fsp3) is 0.607. The number of β-amino-alcohol motifs (C(OH)–C–C–N with tert-alkyl or cyclic N) is 1. The number of nitrogens with zero attached hydrogens (tertiary/aromatic N) is 6. The second-order valence-corrected chi connectivity index (χ2v) is 13.2. The Morgan fingerprint density at radius 3 is 2.30 bits per heavy atom. The van der Waals surface area contributed by atoms with Crippen molar-refractivity contribution in [3.8, 4) is 0 Å². The van der Waals surface area contributed by atoms with Crippen LogP contribution in [-0.4, -0.2) is 89.3 Å². The summed E-state index contributed by atoms with van der Waals surface area (Å²) in [5.41, 5.74) is 1.84. The van der Waals surface area contributed by atoms with E-state index in [2.05, 4.69) is 14.8 Å². The second-order valence-electron chi connectivity index (χ2n) is 11.3. The molecule has 2 unspecified atom stereocenters. The second kappa shape index (κ2) is 13.2. The molecule has 0 amide bonds. The fourth-order valence-corrected chi connectivity index (χ4v) is 6.68. The van der Waals surface area contributed by atoms with Crippen molar-refractivity contribution in [2.45, 2.75) is 58.2 Å². The van der Waals surface area contributed by atoms with E-state index in [1.807, 2.05) is 39.8 Å². The number of aliphatic hydroxyl groups excluding tert-OH is 1. The molecule has 3 heterocycles. The lowest BCUT2D eigenvalue weighted by molar-refractivity contribution is 0.0650. The van der Waals surface area contributed by atoms with Crippen molar-refractivity contribution in [2.24, 2.45) is 13.0 Å². The Morgan fingerprint density at radius 1 is 1.05 bits per heavy atom. The molecule has 1 fully saturated rings. The van der Waals surface area contributed by atoms with Gasteiger partial charge in [-0.2, -0.15) is 0 Å². The van der Waals surface area contributed by atoms with Crippen LogP contribution in [0.2, 0.25) is 5.02 Å². The van der Waals surface area contributed by atoms with E-state index < -0.39 is 22.8 Å². The highest BCUT2D eigenvalue weighted by atomic mass is 35.5. The molecule has 10 nitrogen and oxygen atoms in total. The van der Waals surface area contributed by atoms with Gasteiger partial charge in [-0.05, 0) is 54.2 Å². The number of halogens is 1. The van der Waals surface area contributed by atoms with Crippen LogP contribution in [0.5, 0.6) is 0 Å². The van der Waals surface area contributed by atoms with Crippen molar-refractivity contribution in [3.05, 3.63) is 55.4 Å². The maximum atomic E-state index is 12.9. The largest absolute Gasteiger partial charge is 0.611 e. The van der Waals surface area contributed by atoms with Gasteiger partial charge >= 0.3 is 5.69 Å². The number of aliphatic hydroxyl groups is 1. The van der Waals surface area contributed by atoms with E-state index in [4.69, 9.17) is 11.6 Å². The molecule has 220 valence electrons. The van der Waals surface area contributed by atoms with Crippen LogP contribution in [0.1, 0.15) is 31.4 Å². The Hall–Kier alpha value is -2.15. The standard InChI is InChI=1S/C28H41ClN6O4S/c1-19(2)15-35-26-25(27(37)31(5)28(35)38)34(18-30-26)17-22(36)16-33-10-8-32(9-11-33)7-6-12-40(39)23-13-20(3)24(29)21(4)14-23/h13-14,18-19,22,36H,6-12,15-17H2,1-5H3. The number of rotatable bonds is 11. The quantitative estimate of drug-likeness (QED) is 0.339. The van der Waals surface area contributed by atoms with E-state index in [1.165, 1.54) is 11.6 Å². The smallest absolute Gasteiger partial charge is 0.332 e. The maximum Gasteiger partial charge on any atom is 0.332 e. The van der Waals surface area contributed by atoms with Gasteiger partial charge in [0, 0.05) is 64.3 Å². The minimum Gasteiger partial charge on any atom is -0.611 e. The van der Waals surface area contributed by atoms with Gasteiger partial charge in [-0.1, -0.05) is 25.4 Å². The average Bonchev–Trinajstić information content (AvgIpc) is 3.32. The van der Waals surface area contributed by atoms with E-state index >= 15 is 0 Å². The Kier molecular flexibility index (Phi) is 10.2. The van der Waals surface area contributed by atoms with Crippen LogP contribution in [0.15, 0.2) is 32.9 Å². The molecular formula is C28H41ClN6O4S. The molecule has 1 saturated heterocycles. The molecule has 0 saturated carbocycles. The molecule has 0 aliphatic carbocycles. The van der Waals surface area contributed by atoms with E-state index in [1.54, 1.807) is 10.9 Å². The topological polar surface area (TPSA) is 112 Å². The summed E-state index contributed by atoms with van der Waals surface area (Å²) >= 11 is 5.20. The van der Waals surface area contributed by atoms with Crippen LogP contribution >= 0.6 is 11.6 Å². The van der Waals surface area contributed by atoms with Gasteiger partial charge in [0.1, 0.15) is 5.75 Å². The van der Waals surface area contributed by atoms with E-state index in [9.17, 15) is 19.2 Å². The van der Waals surface area contributed by atoms with Crippen LogP contribution in [0, 0.1) is 19.8 Å². The van der Waals surface area contributed by atoms with Gasteiger partial charge in [0.15, 0.2) is 16.1 Å². The van der Waals surface area contributed by atoms with Gasteiger partial charge in [-0.15, -0.1) is 0 Å². The SMILES string of the molecule is Cc1cc([S+]([O-])CCCN2CCN(CC(O)Cn3cnc4c3c(=O)n(C)c(=O)n4CC(C)C)CC2)cc(C)c1Cl. The molecule has 1 N–H and O–H groups in total. The summed E-state index contributed by atoms with van der Waals surface area (Å²) in [7, 11) is 1.48. The van der Waals surface area contributed by atoms with Crippen LogP contribution in [-0.2, 0) is 31.3 Å². The van der Waals surface area contributed by atoms with Gasteiger partial charge in [-0.25, -0.2) is 9.78 Å². The lowest BCUT2D eigenvalue weighted by atomic mass is 10.2. The third-order valence-electron chi connectivity index (χ3n) is 7.47. The Balaban J connectivity index is 1.27. The van der Waals surface area contributed by atoms with Crippen molar-refractivity contribution in [2.75, 3.05) is 45.0 Å². The zero-order chi connectivity index (χ0) is 29.1. The Labute approximate surface area is 243 Å². The molecule has 0 spiro atoms. The molecule has 1 aliphatic rings. The van der Waals surface area contributed by atoms with E-state index in [-0.39, 0.29) is 18.2 Å². The molecule has 3 aromatic rings. The molecule has 0 radical (unpaired) electrons. The number of aromatic nitrogens is 4. The first-order valence-corrected chi connectivity index (χ1v) is 15.6. The van der Waals surface area contributed by atoms with E-state index in [0.717, 1.165) is 64.8 Å². The van der Waals surface area contributed by atoms with Crippen molar-refractivity contribution >= 4 is 33.9 Å². The summed E-state index contributed by atoms with van der Waals surface area (Å²) in [5.74, 6) is 0.829. The third kappa shape index (κ3) is 7.00. The summed E-state index contributed by atoms with van der Waals surface area (Å²) in [4.78, 5) is 35.4. The third-order valence-corrected chi connectivity index (χ3v) is 9.48. The summed E-state index contributed by atoms with van der Waals surface area (Å²) in [6.07, 6.45) is 1.70. The highest BCUT2D eigenvalue weighted by Crippen LogP contribution is 2.25. The number of fused-ring (bicyclic) bond motifs is 1. The van der Waals surface area contributed by atoms with Crippen molar-refractivity contribution in [1.82, 2.24) is 28.5 Å². The summed E-state index contributed by atoms with van der Waals surface area (Å²) in [6, 6.07) is 3.84. The molecular weight excluding hydrogens is 552 g/mol.